The molecule has 0 spiro atoms. The highest BCUT2D eigenvalue weighted by Crippen LogP contribution is 2.32. The molecule has 0 atom stereocenters. The molecule has 2 amide bonds. The van der Waals surface area contributed by atoms with E-state index in [1.54, 1.807) is 32.4 Å². The van der Waals surface area contributed by atoms with Crippen LogP contribution in [-0.4, -0.2) is 20.3 Å². The minimum Gasteiger partial charge on any atom is -0.493 e. The summed E-state index contributed by atoms with van der Waals surface area (Å²) in [5.74, 6) is 1.26. The zero-order valence-electron chi connectivity index (χ0n) is 15.1. The van der Waals surface area contributed by atoms with Gasteiger partial charge in [0.25, 0.3) is 0 Å². The molecule has 0 fully saturated rings. The Morgan fingerprint density at radius 2 is 1.72 bits per heavy atom. The maximum atomic E-state index is 12.4. The molecule has 0 radical (unpaired) electrons. The van der Waals surface area contributed by atoms with Crippen LogP contribution in [0.3, 0.4) is 0 Å². The maximum absolute atomic E-state index is 12.4. The number of aryl methyl sites for hydroxylation is 1. The van der Waals surface area contributed by atoms with Gasteiger partial charge in [0.2, 0.25) is 0 Å². The van der Waals surface area contributed by atoms with Crippen molar-refractivity contribution >= 4 is 23.3 Å². The van der Waals surface area contributed by atoms with E-state index in [2.05, 4.69) is 10.6 Å². The third kappa shape index (κ3) is 4.57. The van der Waals surface area contributed by atoms with Gasteiger partial charge in [-0.05, 0) is 62.2 Å². The minimum atomic E-state index is -0.607. The molecule has 0 bridgehead atoms. The van der Waals surface area contributed by atoms with Crippen LogP contribution in [-0.2, 0) is 5.54 Å². The second-order valence-electron chi connectivity index (χ2n) is 6.23. The average Bonchev–Trinajstić information content (AvgIpc) is 2.56. The fourth-order valence-corrected chi connectivity index (χ4v) is 2.73. The lowest BCUT2D eigenvalue weighted by atomic mass is 9.94. The highest BCUT2D eigenvalue weighted by atomic mass is 35.5. The van der Waals surface area contributed by atoms with Gasteiger partial charge in [0.15, 0.2) is 11.5 Å². The Morgan fingerprint density at radius 1 is 1.04 bits per heavy atom. The third-order valence-electron chi connectivity index (χ3n) is 3.97. The van der Waals surface area contributed by atoms with Crippen molar-refractivity contribution in [1.29, 1.82) is 0 Å². The lowest BCUT2D eigenvalue weighted by molar-refractivity contribution is 0.241. The van der Waals surface area contributed by atoms with Gasteiger partial charge in [-0.15, -0.1) is 0 Å². The van der Waals surface area contributed by atoms with Crippen LogP contribution in [0.2, 0.25) is 5.02 Å². The zero-order valence-corrected chi connectivity index (χ0v) is 15.8. The Kier molecular flexibility index (Phi) is 5.80. The van der Waals surface area contributed by atoms with Crippen molar-refractivity contribution in [2.45, 2.75) is 26.3 Å². The van der Waals surface area contributed by atoms with E-state index in [-0.39, 0.29) is 6.03 Å². The molecule has 0 saturated carbocycles. The van der Waals surface area contributed by atoms with Gasteiger partial charge >= 0.3 is 6.03 Å². The molecular formula is C19H23ClN2O3. The van der Waals surface area contributed by atoms with Crippen LogP contribution >= 0.6 is 11.6 Å². The summed E-state index contributed by atoms with van der Waals surface area (Å²) in [5, 5.41) is 6.46. The second-order valence-corrected chi connectivity index (χ2v) is 6.67. The van der Waals surface area contributed by atoms with Crippen LogP contribution in [0, 0.1) is 6.92 Å². The van der Waals surface area contributed by atoms with E-state index in [1.807, 2.05) is 39.0 Å². The molecule has 0 aromatic heterocycles. The van der Waals surface area contributed by atoms with E-state index < -0.39 is 5.54 Å². The first-order chi connectivity index (χ1) is 11.8. The number of amides is 2. The van der Waals surface area contributed by atoms with Gasteiger partial charge in [0.1, 0.15) is 0 Å². The molecule has 2 aromatic rings. The van der Waals surface area contributed by atoms with E-state index in [1.165, 1.54) is 0 Å². The number of ether oxygens (including phenoxy) is 2. The molecule has 0 aliphatic rings. The number of hydrogen-bond donors (Lipinski definition) is 2. The van der Waals surface area contributed by atoms with Crippen LogP contribution in [0.15, 0.2) is 36.4 Å². The normalized spacial score (nSPS) is 11.0. The molecule has 2 N–H and O–H groups in total. The third-order valence-corrected chi connectivity index (χ3v) is 4.20. The van der Waals surface area contributed by atoms with Crippen molar-refractivity contribution in [1.82, 2.24) is 5.32 Å². The topological polar surface area (TPSA) is 59.6 Å². The van der Waals surface area contributed by atoms with Gasteiger partial charge in [-0.1, -0.05) is 17.7 Å². The number of anilines is 1. The van der Waals surface area contributed by atoms with Gasteiger partial charge in [-0.25, -0.2) is 4.79 Å². The molecule has 5 nitrogen and oxygen atoms in total. The number of benzene rings is 2. The van der Waals surface area contributed by atoms with E-state index in [4.69, 9.17) is 21.1 Å². The number of methoxy groups -OCH3 is 2. The van der Waals surface area contributed by atoms with E-state index >= 15 is 0 Å². The Bertz CT molecular complexity index is 775. The monoisotopic (exact) mass is 362 g/mol. The summed E-state index contributed by atoms with van der Waals surface area (Å²) in [6.07, 6.45) is 0. The van der Waals surface area contributed by atoms with Gasteiger partial charge in [0.05, 0.1) is 19.8 Å². The second kappa shape index (κ2) is 7.66. The predicted octanol–water partition coefficient (Wildman–Crippen LogP) is 4.72. The summed E-state index contributed by atoms with van der Waals surface area (Å²) in [7, 11) is 3.17. The van der Waals surface area contributed by atoms with Gasteiger partial charge < -0.3 is 20.1 Å². The highest BCUT2D eigenvalue weighted by molar-refractivity contribution is 6.30. The molecule has 0 unspecified atom stereocenters. The molecular weight excluding hydrogens is 340 g/mol. The van der Waals surface area contributed by atoms with Crippen molar-refractivity contribution in [3.8, 4) is 11.5 Å². The Morgan fingerprint density at radius 3 is 2.32 bits per heavy atom. The molecule has 0 aliphatic heterocycles. The summed E-state index contributed by atoms with van der Waals surface area (Å²) in [4.78, 5) is 12.4. The Labute approximate surface area is 153 Å². The molecule has 0 saturated heterocycles. The smallest absolute Gasteiger partial charge is 0.319 e. The van der Waals surface area contributed by atoms with Crippen molar-refractivity contribution in [3.63, 3.8) is 0 Å². The number of carbonyl (C=O) groups is 1. The summed E-state index contributed by atoms with van der Waals surface area (Å²) >= 11 is 5.94. The van der Waals surface area contributed by atoms with E-state index in [0.29, 0.717) is 22.2 Å². The van der Waals surface area contributed by atoms with Crippen molar-refractivity contribution in [3.05, 3.63) is 52.5 Å². The van der Waals surface area contributed by atoms with E-state index in [9.17, 15) is 4.79 Å². The zero-order chi connectivity index (χ0) is 18.6. The molecule has 0 heterocycles. The quantitative estimate of drug-likeness (QED) is 0.808. The fraction of sp³-hybridized carbons (Fsp3) is 0.316. The highest BCUT2D eigenvalue weighted by Gasteiger charge is 2.24. The molecule has 134 valence electrons. The summed E-state index contributed by atoms with van der Waals surface area (Å²) in [5.41, 5.74) is 1.90. The number of halogens is 1. The SMILES string of the molecule is COc1ccc(C(C)(C)NC(=O)Nc2ccc(Cl)cc2C)cc1OC. The van der Waals surface area contributed by atoms with Gasteiger partial charge in [0, 0.05) is 10.7 Å². The number of rotatable bonds is 5. The molecule has 2 aromatic carbocycles. The van der Waals surface area contributed by atoms with Crippen molar-refractivity contribution in [2.75, 3.05) is 19.5 Å². The van der Waals surface area contributed by atoms with Crippen LogP contribution < -0.4 is 20.1 Å². The lowest BCUT2D eigenvalue weighted by Gasteiger charge is -2.28. The van der Waals surface area contributed by atoms with Crippen LogP contribution in [0.5, 0.6) is 11.5 Å². The minimum absolute atomic E-state index is 0.301. The molecule has 6 heteroatoms. The average molecular weight is 363 g/mol. The first-order valence-corrected chi connectivity index (χ1v) is 8.22. The van der Waals surface area contributed by atoms with Crippen LogP contribution in [0.25, 0.3) is 0 Å². The number of urea groups is 1. The predicted molar refractivity (Wildman–Crippen MR) is 101 cm³/mol. The van der Waals surface area contributed by atoms with E-state index in [0.717, 1.165) is 11.1 Å². The number of carbonyl (C=O) groups excluding carboxylic acids is 1. The van der Waals surface area contributed by atoms with Crippen LogP contribution in [0.4, 0.5) is 10.5 Å². The maximum Gasteiger partial charge on any atom is 0.319 e. The standard InChI is InChI=1S/C19H23ClN2O3/c1-12-10-14(20)7-8-15(12)21-18(23)22-19(2,3)13-6-9-16(24-4)17(11-13)25-5/h6-11H,1-5H3,(H2,21,22,23). The van der Waals surface area contributed by atoms with Crippen molar-refractivity contribution in [2.24, 2.45) is 0 Å². The first kappa shape index (κ1) is 18.9. The van der Waals surface area contributed by atoms with Crippen LogP contribution in [0.1, 0.15) is 25.0 Å². The number of nitrogens with one attached hydrogen (secondary N) is 2. The van der Waals surface area contributed by atoms with Crippen molar-refractivity contribution < 1.29 is 14.3 Å². The Balaban J connectivity index is 2.15. The lowest BCUT2D eigenvalue weighted by Crippen LogP contribution is -2.43. The summed E-state index contributed by atoms with van der Waals surface area (Å²) in [6.45, 7) is 5.73. The summed E-state index contributed by atoms with van der Waals surface area (Å²) in [6, 6.07) is 10.6. The number of hydrogen-bond acceptors (Lipinski definition) is 3. The molecule has 25 heavy (non-hydrogen) atoms. The summed E-state index contributed by atoms with van der Waals surface area (Å²) < 4.78 is 10.6. The first-order valence-electron chi connectivity index (χ1n) is 7.84. The van der Waals surface area contributed by atoms with Gasteiger partial charge in [-0.2, -0.15) is 0 Å². The molecule has 0 aliphatic carbocycles. The molecule has 2 rings (SSSR count). The Hall–Kier alpha value is -2.40. The van der Waals surface area contributed by atoms with Gasteiger partial charge in [-0.3, -0.25) is 0 Å². The largest absolute Gasteiger partial charge is 0.493 e. The fourth-order valence-electron chi connectivity index (χ4n) is 2.50.